The molecule has 6 heteroatoms. The minimum absolute atomic E-state index is 0.182. The second kappa shape index (κ2) is 6.49. The van der Waals surface area contributed by atoms with E-state index in [1.165, 1.54) is 18.7 Å². The molecule has 1 N–H and O–H groups in total. The van der Waals surface area contributed by atoms with Gasteiger partial charge in [-0.15, -0.1) is 0 Å². The van der Waals surface area contributed by atoms with Crippen LogP contribution >= 0.6 is 24.0 Å². The van der Waals surface area contributed by atoms with Gasteiger partial charge in [-0.1, -0.05) is 48.3 Å². The fourth-order valence-electron chi connectivity index (χ4n) is 1.53. The number of allylic oxidation sites excluding steroid dienone is 2. The van der Waals surface area contributed by atoms with Crippen LogP contribution in [0, 0.1) is 0 Å². The molecule has 1 aliphatic heterocycles. The predicted octanol–water partition coefficient (Wildman–Crippen LogP) is 2.66. The number of carbonyl (C=O) groups excluding carboxylic acids is 2. The van der Waals surface area contributed by atoms with E-state index in [2.05, 4.69) is 5.32 Å². The number of rotatable bonds is 3. The van der Waals surface area contributed by atoms with Crippen LogP contribution in [0.2, 0.25) is 0 Å². The lowest BCUT2D eigenvalue weighted by Crippen LogP contribution is -2.17. The lowest BCUT2D eigenvalue weighted by molar-refractivity contribution is -0.131. The maximum atomic E-state index is 11.4. The van der Waals surface area contributed by atoms with E-state index in [1.807, 2.05) is 12.1 Å². The van der Waals surface area contributed by atoms with Crippen LogP contribution in [0.3, 0.4) is 0 Å². The van der Waals surface area contributed by atoms with Crippen LogP contribution in [-0.2, 0) is 9.59 Å². The molecular formula is C14H11NO3S2. The van der Waals surface area contributed by atoms with Crippen LogP contribution in [0.1, 0.15) is 12.5 Å². The smallest absolute Gasteiger partial charge is 0.308 e. The van der Waals surface area contributed by atoms with Gasteiger partial charge in [-0.05, 0) is 23.8 Å². The minimum Gasteiger partial charge on any atom is -0.427 e. The number of thiocarbonyl (C=S) groups is 1. The van der Waals surface area contributed by atoms with E-state index in [9.17, 15) is 9.59 Å². The summed E-state index contributed by atoms with van der Waals surface area (Å²) in [6, 6.07) is 7.10. The molecule has 1 aliphatic rings. The molecule has 1 heterocycles. The molecule has 0 radical (unpaired) electrons. The Bertz CT molecular complexity index is 635. The van der Waals surface area contributed by atoms with Crippen molar-refractivity contribution >= 4 is 46.3 Å². The van der Waals surface area contributed by atoms with Gasteiger partial charge in [0.15, 0.2) is 0 Å². The molecular weight excluding hydrogens is 294 g/mol. The highest BCUT2D eigenvalue weighted by Crippen LogP contribution is 2.23. The van der Waals surface area contributed by atoms with Crippen molar-refractivity contribution in [2.24, 2.45) is 0 Å². The Morgan fingerprint density at radius 3 is 2.90 bits per heavy atom. The first kappa shape index (κ1) is 14.5. The third-order valence-electron chi connectivity index (χ3n) is 2.30. The number of ether oxygens (including phenoxy) is 1. The molecule has 20 heavy (non-hydrogen) atoms. The zero-order chi connectivity index (χ0) is 14.5. The van der Waals surface area contributed by atoms with Crippen LogP contribution < -0.4 is 10.1 Å². The van der Waals surface area contributed by atoms with E-state index in [1.54, 1.807) is 30.4 Å². The minimum atomic E-state index is -0.360. The molecule has 0 aromatic heterocycles. The zero-order valence-corrected chi connectivity index (χ0v) is 12.2. The molecule has 0 aliphatic carbocycles. The topological polar surface area (TPSA) is 55.4 Å². The molecule has 102 valence electrons. The van der Waals surface area contributed by atoms with Gasteiger partial charge in [0, 0.05) is 6.92 Å². The number of thioether (sulfide) groups is 1. The molecule has 1 fully saturated rings. The monoisotopic (exact) mass is 305 g/mol. The molecule has 0 atom stereocenters. The number of hydrogen-bond donors (Lipinski definition) is 1. The van der Waals surface area contributed by atoms with Crippen molar-refractivity contribution in [1.29, 1.82) is 0 Å². The SMILES string of the molecule is CC(=O)Oc1cccc(/C=C/C=C2\SC(=S)NC2=O)c1. The molecule has 1 amide bonds. The molecule has 0 unspecified atom stereocenters. The summed E-state index contributed by atoms with van der Waals surface area (Å²) in [4.78, 5) is 22.9. The van der Waals surface area contributed by atoms with Gasteiger partial charge in [-0.3, -0.25) is 9.59 Å². The van der Waals surface area contributed by atoms with E-state index >= 15 is 0 Å². The van der Waals surface area contributed by atoms with Gasteiger partial charge in [-0.2, -0.15) is 0 Å². The summed E-state index contributed by atoms with van der Waals surface area (Å²) in [6.07, 6.45) is 5.26. The van der Waals surface area contributed by atoms with Crippen molar-refractivity contribution in [1.82, 2.24) is 5.32 Å². The molecule has 1 saturated heterocycles. The Morgan fingerprint density at radius 1 is 1.45 bits per heavy atom. The lowest BCUT2D eigenvalue weighted by Gasteiger charge is -2.01. The molecule has 0 saturated carbocycles. The average Bonchev–Trinajstić information content (AvgIpc) is 2.67. The number of amides is 1. The first-order valence-corrected chi connectivity index (χ1v) is 6.97. The first-order valence-electron chi connectivity index (χ1n) is 5.74. The first-order chi connectivity index (χ1) is 9.54. The summed E-state index contributed by atoms with van der Waals surface area (Å²) in [5.41, 5.74) is 0.867. The highest BCUT2D eigenvalue weighted by Gasteiger charge is 2.20. The van der Waals surface area contributed by atoms with Crippen LogP contribution in [0.5, 0.6) is 5.75 Å². The molecule has 1 aromatic carbocycles. The van der Waals surface area contributed by atoms with Gasteiger partial charge < -0.3 is 10.1 Å². The van der Waals surface area contributed by atoms with Crippen molar-refractivity contribution in [3.63, 3.8) is 0 Å². The molecule has 2 rings (SSSR count). The maximum Gasteiger partial charge on any atom is 0.308 e. The lowest BCUT2D eigenvalue weighted by atomic mass is 10.2. The number of hydrogen-bond acceptors (Lipinski definition) is 5. The molecule has 1 aromatic rings. The number of benzene rings is 1. The normalized spacial score (nSPS) is 16.8. The van der Waals surface area contributed by atoms with Crippen molar-refractivity contribution < 1.29 is 14.3 Å². The van der Waals surface area contributed by atoms with E-state index in [0.29, 0.717) is 15.0 Å². The van der Waals surface area contributed by atoms with Crippen molar-refractivity contribution in [2.45, 2.75) is 6.92 Å². The van der Waals surface area contributed by atoms with Crippen molar-refractivity contribution in [2.75, 3.05) is 0 Å². The quantitative estimate of drug-likeness (QED) is 0.403. The highest BCUT2D eigenvalue weighted by atomic mass is 32.2. The summed E-state index contributed by atoms with van der Waals surface area (Å²) in [5, 5.41) is 2.54. The number of esters is 1. The zero-order valence-electron chi connectivity index (χ0n) is 10.6. The van der Waals surface area contributed by atoms with Gasteiger partial charge in [0.2, 0.25) is 0 Å². The van der Waals surface area contributed by atoms with E-state index in [-0.39, 0.29) is 11.9 Å². The predicted molar refractivity (Wildman–Crippen MR) is 83.2 cm³/mol. The van der Waals surface area contributed by atoms with E-state index in [4.69, 9.17) is 17.0 Å². The summed E-state index contributed by atoms with van der Waals surface area (Å²) in [6.45, 7) is 1.35. The third kappa shape index (κ3) is 4.04. The largest absolute Gasteiger partial charge is 0.427 e. The van der Waals surface area contributed by atoms with Crippen LogP contribution in [-0.4, -0.2) is 16.2 Å². The highest BCUT2D eigenvalue weighted by molar-refractivity contribution is 8.26. The Morgan fingerprint density at radius 2 is 2.25 bits per heavy atom. The fourth-order valence-corrected chi connectivity index (χ4v) is 2.53. The third-order valence-corrected chi connectivity index (χ3v) is 3.48. The summed E-state index contributed by atoms with van der Waals surface area (Å²) >= 11 is 6.12. The Labute approximate surface area is 125 Å². The second-order valence-electron chi connectivity index (χ2n) is 3.90. The number of nitrogens with one attached hydrogen (secondary N) is 1. The van der Waals surface area contributed by atoms with Gasteiger partial charge in [0.25, 0.3) is 5.91 Å². The maximum absolute atomic E-state index is 11.4. The average molecular weight is 305 g/mol. The van der Waals surface area contributed by atoms with Crippen LogP contribution in [0.4, 0.5) is 0 Å². The molecule has 0 spiro atoms. The van der Waals surface area contributed by atoms with Crippen molar-refractivity contribution in [3.05, 3.63) is 46.9 Å². The van der Waals surface area contributed by atoms with Gasteiger partial charge in [0.05, 0.1) is 4.91 Å². The van der Waals surface area contributed by atoms with Crippen LogP contribution in [0.25, 0.3) is 6.08 Å². The van der Waals surface area contributed by atoms with Gasteiger partial charge >= 0.3 is 5.97 Å². The molecule has 0 bridgehead atoms. The van der Waals surface area contributed by atoms with Gasteiger partial charge in [-0.25, -0.2) is 0 Å². The van der Waals surface area contributed by atoms with E-state index in [0.717, 1.165) is 5.56 Å². The van der Waals surface area contributed by atoms with Gasteiger partial charge in [0.1, 0.15) is 10.1 Å². The standard InChI is InChI=1S/C14H11NO3S2/c1-9(16)18-11-6-2-4-10(8-11)5-3-7-12-13(17)15-14(19)20-12/h2-8H,1H3,(H,15,17,19)/b5-3+,12-7-. The summed E-state index contributed by atoms with van der Waals surface area (Å²) < 4.78 is 5.46. The number of carbonyl (C=O) groups is 2. The Hall–Kier alpha value is -1.92. The van der Waals surface area contributed by atoms with E-state index < -0.39 is 0 Å². The Kier molecular flexibility index (Phi) is 4.70. The second-order valence-corrected chi connectivity index (χ2v) is 5.62. The van der Waals surface area contributed by atoms with Crippen molar-refractivity contribution in [3.8, 4) is 5.75 Å². The molecule has 4 nitrogen and oxygen atoms in total. The summed E-state index contributed by atoms with van der Waals surface area (Å²) in [5.74, 6) is -0.0550. The Balaban J connectivity index is 2.08. The van der Waals surface area contributed by atoms with Crippen LogP contribution in [0.15, 0.2) is 41.3 Å². The fraction of sp³-hybridized carbons (Fsp3) is 0.0714. The summed E-state index contributed by atoms with van der Waals surface area (Å²) in [7, 11) is 0.